The van der Waals surface area contributed by atoms with Crippen LogP contribution in [0, 0.1) is 11.8 Å². The number of guanidine groups is 1. The van der Waals surface area contributed by atoms with Gasteiger partial charge in [-0.1, -0.05) is 6.42 Å². The molecule has 4 aliphatic rings. The molecule has 0 radical (unpaired) electrons. The lowest BCUT2D eigenvalue weighted by atomic mass is 9.93. The summed E-state index contributed by atoms with van der Waals surface area (Å²) in [6, 6.07) is 5.15. The van der Waals surface area contributed by atoms with Gasteiger partial charge in [-0.25, -0.2) is 4.98 Å². The van der Waals surface area contributed by atoms with Gasteiger partial charge in [0.15, 0.2) is 5.96 Å². The lowest BCUT2D eigenvalue weighted by molar-refractivity contribution is 0.0529. The Kier molecular flexibility index (Phi) is 6.32. The second-order valence-corrected chi connectivity index (χ2v) is 9.82. The Morgan fingerprint density at radius 1 is 1.19 bits per heavy atom. The zero-order valence-corrected chi connectivity index (χ0v) is 19.2. The summed E-state index contributed by atoms with van der Waals surface area (Å²) in [4.78, 5) is 16.7. The van der Waals surface area contributed by atoms with Crippen LogP contribution in [0.15, 0.2) is 23.3 Å². The Bertz CT molecular complexity index is 777. The Labute approximate surface area is 186 Å². The predicted octanol–water partition coefficient (Wildman–Crippen LogP) is 2.19. The molecule has 2 saturated heterocycles. The van der Waals surface area contributed by atoms with Gasteiger partial charge in [0.25, 0.3) is 0 Å². The minimum atomic E-state index is 0.259. The number of hydrogen-bond donors (Lipinski definition) is 1. The van der Waals surface area contributed by atoms with E-state index in [2.05, 4.69) is 49.0 Å². The molecular weight excluding hydrogens is 388 g/mol. The van der Waals surface area contributed by atoms with Gasteiger partial charge in [-0.05, 0) is 55.7 Å². The van der Waals surface area contributed by atoms with Crippen molar-refractivity contribution in [3.8, 4) is 0 Å². The maximum Gasteiger partial charge on any atom is 0.194 e. The fourth-order valence-corrected chi connectivity index (χ4v) is 6.21. The second-order valence-electron chi connectivity index (χ2n) is 9.82. The van der Waals surface area contributed by atoms with Crippen molar-refractivity contribution < 1.29 is 4.74 Å². The number of pyridine rings is 1. The Morgan fingerprint density at radius 2 is 2.06 bits per heavy atom. The zero-order valence-electron chi connectivity index (χ0n) is 19.2. The SMILES string of the molecule is CN=C(NCc1ccnc(N2CCOC(C)C2)c1)N1CCN(C2CC3CCC2C3)CC1. The van der Waals surface area contributed by atoms with Crippen LogP contribution in [0.1, 0.15) is 38.2 Å². The summed E-state index contributed by atoms with van der Waals surface area (Å²) in [5.74, 6) is 4.06. The minimum absolute atomic E-state index is 0.259. The van der Waals surface area contributed by atoms with Crippen LogP contribution in [0.5, 0.6) is 0 Å². The first-order chi connectivity index (χ1) is 15.2. The van der Waals surface area contributed by atoms with Gasteiger partial charge in [0, 0.05) is 65.1 Å². The molecule has 3 heterocycles. The van der Waals surface area contributed by atoms with Crippen molar-refractivity contribution in [2.75, 3.05) is 57.8 Å². The highest BCUT2D eigenvalue weighted by atomic mass is 16.5. The van der Waals surface area contributed by atoms with Crippen molar-refractivity contribution >= 4 is 11.8 Å². The molecule has 0 amide bonds. The number of aromatic nitrogens is 1. The Morgan fingerprint density at radius 3 is 2.77 bits per heavy atom. The fraction of sp³-hybridized carbons (Fsp3) is 0.750. The molecule has 0 spiro atoms. The topological polar surface area (TPSA) is 56.2 Å². The largest absolute Gasteiger partial charge is 0.375 e. The molecular formula is C24H38N6O. The van der Waals surface area contributed by atoms with E-state index in [4.69, 9.17) is 4.74 Å². The molecule has 2 aliphatic carbocycles. The molecule has 31 heavy (non-hydrogen) atoms. The van der Waals surface area contributed by atoms with Crippen LogP contribution in [0.25, 0.3) is 0 Å². The summed E-state index contributed by atoms with van der Waals surface area (Å²) in [7, 11) is 1.90. The summed E-state index contributed by atoms with van der Waals surface area (Å²) in [5.41, 5.74) is 1.24. The molecule has 170 valence electrons. The Hall–Kier alpha value is -1.86. The van der Waals surface area contributed by atoms with Gasteiger partial charge in [0.1, 0.15) is 5.82 Å². The number of ether oxygens (including phenoxy) is 1. The third kappa shape index (κ3) is 4.67. The maximum absolute atomic E-state index is 5.67. The smallest absolute Gasteiger partial charge is 0.194 e. The lowest BCUT2D eigenvalue weighted by Gasteiger charge is -2.42. The molecule has 0 aromatic carbocycles. The summed E-state index contributed by atoms with van der Waals surface area (Å²) < 4.78 is 5.67. The van der Waals surface area contributed by atoms with E-state index in [1.165, 1.54) is 44.3 Å². The van der Waals surface area contributed by atoms with Crippen molar-refractivity contribution in [2.24, 2.45) is 16.8 Å². The molecule has 4 atom stereocenters. The average Bonchev–Trinajstić information content (AvgIpc) is 3.44. The number of nitrogens with one attached hydrogen (secondary N) is 1. The van der Waals surface area contributed by atoms with Crippen LogP contribution in [-0.4, -0.2) is 85.8 Å². The van der Waals surface area contributed by atoms with E-state index in [1.54, 1.807) is 0 Å². The second kappa shape index (κ2) is 9.33. The summed E-state index contributed by atoms with van der Waals surface area (Å²) in [6.45, 7) is 9.95. The number of nitrogens with zero attached hydrogens (tertiary/aromatic N) is 5. The van der Waals surface area contributed by atoms with Crippen LogP contribution in [0.2, 0.25) is 0 Å². The van der Waals surface area contributed by atoms with Crippen molar-refractivity contribution in [1.29, 1.82) is 0 Å². The molecule has 1 aromatic heterocycles. The predicted molar refractivity (Wildman–Crippen MR) is 124 cm³/mol. The van der Waals surface area contributed by atoms with E-state index in [9.17, 15) is 0 Å². The normalized spacial score (nSPS) is 32.0. The quantitative estimate of drug-likeness (QED) is 0.588. The van der Waals surface area contributed by atoms with Gasteiger partial charge in [0.2, 0.25) is 0 Å². The van der Waals surface area contributed by atoms with Crippen LogP contribution < -0.4 is 10.2 Å². The highest BCUT2D eigenvalue weighted by Crippen LogP contribution is 2.46. The molecule has 5 rings (SSSR count). The highest BCUT2D eigenvalue weighted by molar-refractivity contribution is 5.80. The van der Waals surface area contributed by atoms with Crippen molar-refractivity contribution in [2.45, 2.75) is 51.3 Å². The number of anilines is 1. The summed E-state index contributed by atoms with van der Waals surface area (Å²) in [5, 5.41) is 3.59. The standard InChI is InChI=1S/C24H38N6O/c1-18-17-30(11-12-31-18)23-15-20(5-6-26-23)16-27-24(25-2)29-9-7-28(8-10-29)22-14-19-3-4-21(22)13-19/h5-6,15,18-19,21-22H,3-4,7-14,16-17H2,1-2H3,(H,25,27). The summed E-state index contributed by atoms with van der Waals surface area (Å²) in [6.07, 6.45) is 8.07. The fourth-order valence-electron chi connectivity index (χ4n) is 6.21. The third-order valence-electron chi connectivity index (χ3n) is 7.82. The number of piperazine rings is 1. The monoisotopic (exact) mass is 426 g/mol. The Balaban J connectivity index is 1.13. The van der Waals surface area contributed by atoms with Gasteiger partial charge in [-0.2, -0.15) is 0 Å². The maximum atomic E-state index is 5.67. The average molecular weight is 427 g/mol. The van der Waals surface area contributed by atoms with E-state index in [-0.39, 0.29) is 6.10 Å². The van der Waals surface area contributed by atoms with Gasteiger partial charge in [-0.3, -0.25) is 9.89 Å². The number of aliphatic imine (C=N–C) groups is 1. The molecule has 4 unspecified atom stereocenters. The van der Waals surface area contributed by atoms with Crippen molar-refractivity contribution in [3.63, 3.8) is 0 Å². The minimum Gasteiger partial charge on any atom is -0.375 e. The van der Waals surface area contributed by atoms with E-state index >= 15 is 0 Å². The molecule has 1 aromatic rings. The van der Waals surface area contributed by atoms with E-state index < -0.39 is 0 Å². The third-order valence-corrected chi connectivity index (χ3v) is 7.82. The molecule has 4 fully saturated rings. The van der Waals surface area contributed by atoms with Crippen LogP contribution >= 0.6 is 0 Å². The van der Waals surface area contributed by atoms with Crippen LogP contribution in [0.3, 0.4) is 0 Å². The molecule has 7 nitrogen and oxygen atoms in total. The zero-order chi connectivity index (χ0) is 21.2. The molecule has 1 N–H and O–H groups in total. The van der Waals surface area contributed by atoms with Gasteiger partial charge < -0.3 is 19.9 Å². The first-order valence-corrected chi connectivity index (χ1v) is 12.2. The van der Waals surface area contributed by atoms with E-state index in [0.29, 0.717) is 0 Å². The summed E-state index contributed by atoms with van der Waals surface area (Å²) >= 11 is 0. The number of fused-ring (bicyclic) bond motifs is 2. The highest BCUT2D eigenvalue weighted by Gasteiger charge is 2.42. The van der Waals surface area contributed by atoms with E-state index in [1.807, 2.05) is 13.2 Å². The lowest BCUT2D eigenvalue weighted by Crippen LogP contribution is -2.55. The first kappa shape index (κ1) is 21.0. The molecule has 2 saturated carbocycles. The first-order valence-electron chi connectivity index (χ1n) is 12.2. The van der Waals surface area contributed by atoms with E-state index in [0.717, 1.165) is 69.0 Å². The van der Waals surface area contributed by atoms with Gasteiger partial charge >= 0.3 is 0 Å². The molecule has 7 heteroatoms. The van der Waals surface area contributed by atoms with Crippen LogP contribution in [0.4, 0.5) is 5.82 Å². The molecule has 2 aliphatic heterocycles. The van der Waals surface area contributed by atoms with Crippen molar-refractivity contribution in [3.05, 3.63) is 23.9 Å². The molecule has 2 bridgehead atoms. The van der Waals surface area contributed by atoms with Crippen LogP contribution in [-0.2, 0) is 11.3 Å². The van der Waals surface area contributed by atoms with Crippen molar-refractivity contribution in [1.82, 2.24) is 20.1 Å². The number of morpholine rings is 1. The van der Waals surface area contributed by atoms with Gasteiger partial charge in [-0.15, -0.1) is 0 Å². The number of hydrogen-bond acceptors (Lipinski definition) is 5. The van der Waals surface area contributed by atoms with Gasteiger partial charge in [0.05, 0.1) is 12.7 Å². The number of rotatable bonds is 4.